The molecular formula is C33H45N3O9S3. The van der Waals surface area contributed by atoms with E-state index in [-0.39, 0.29) is 93.6 Å². The van der Waals surface area contributed by atoms with E-state index in [9.17, 15) is 25.3 Å². The third-order valence-electron chi connectivity index (χ3n) is 7.89. The molecule has 0 unspecified atom stereocenters. The van der Waals surface area contributed by atoms with Crippen LogP contribution in [0.25, 0.3) is 0 Å². The summed E-state index contributed by atoms with van der Waals surface area (Å²) >= 11 is 0. The van der Waals surface area contributed by atoms with E-state index in [4.69, 9.17) is 14.2 Å². The molecule has 0 atom stereocenters. The molecule has 1 saturated heterocycles. The SMILES string of the molecule is Cc1ccc(S(=O)(=O)N2CCOCCN(S(=O)(=O)c3ccc(C)cc3)CCOCCN(S(=O)(=O)c3ccc(C)cc3)CCOCC2)cc1. The van der Waals surface area contributed by atoms with E-state index < -0.39 is 30.1 Å². The molecule has 3 aromatic rings. The lowest BCUT2D eigenvalue weighted by molar-refractivity contribution is 0.0730. The third-order valence-corrected chi connectivity index (χ3v) is 13.6. The highest BCUT2D eigenvalue weighted by molar-refractivity contribution is 7.89. The largest absolute Gasteiger partial charge is 0.379 e. The summed E-state index contributed by atoms with van der Waals surface area (Å²) in [6.45, 7) is 5.71. The summed E-state index contributed by atoms with van der Waals surface area (Å²) in [5, 5.41) is 0. The van der Waals surface area contributed by atoms with Crippen LogP contribution in [0.1, 0.15) is 16.7 Å². The van der Waals surface area contributed by atoms with Crippen LogP contribution in [0.2, 0.25) is 0 Å². The predicted octanol–water partition coefficient (Wildman–Crippen LogP) is 3.05. The van der Waals surface area contributed by atoms with Crippen LogP contribution in [0.4, 0.5) is 0 Å². The molecule has 0 radical (unpaired) electrons. The van der Waals surface area contributed by atoms with Crippen molar-refractivity contribution < 1.29 is 39.5 Å². The van der Waals surface area contributed by atoms with E-state index in [2.05, 4.69) is 0 Å². The molecule has 48 heavy (non-hydrogen) atoms. The van der Waals surface area contributed by atoms with E-state index in [0.29, 0.717) is 0 Å². The fourth-order valence-corrected chi connectivity index (χ4v) is 9.16. The molecule has 0 spiro atoms. The summed E-state index contributed by atoms with van der Waals surface area (Å²) in [7, 11) is -11.7. The minimum Gasteiger partial charge on any atom is -0.379 e. The van der Waals surface area contributed by atoms with Crippen LogP contribution in [0.5, 0.6) is 0 Å². The van der Waals surface area contributed by atoms with Crippen LogP contribution in [0, 0.1) is 20.8 Å². The number of ether oxygens (including phenoxy) is 3. The molecule has 0 bridgehead atoms. The summed E-state index contributed by atoms with van der Waals surface area (Å²) in [5.74, 6) is 0. The van der Waals surface area contributed by atoms with Crippen molar-refractivity contribution in [3.63, 3.8) is 0 Å². The van der Waals surface area contributed by atoms with Gasteiger partial charge in [-0.25, -0.2) is 25.3 Å². The molecule has 0 aromatic heterocycles. The van der Waals surface area contributed by atoms with Crippen molar-refractivity contribution in [1.82, 2.24) is 12.9 Å². The van der Waals surface area contributed by atoms with Gasteiger partial charge in [0.2, 0.25) is 30.1 Å². The van der Waals surface area contributed by atoms with E-state index in [1.54, 1.807) is 72.8 Å². The number of sulfonamides is 3. The molecule has 12 nitrogen and oxygen atoms in total. The minimum absolute atomic E-state index is 0.00131. The van der Waals surface area contributed by atoms with Crippen molar-refractivity contribution in [2.75, 3.05) is 78.9 Å². The predicted molar refractivity (Wildman–Crippen MR) is 182 cm³/mol. The van der Waals surface area contributed by atoms with E-state index >= 15 is 0 Å². The Morgan fingerprint density at radius 2 is 0.562 bits per heavy atom. The zero-order chi connectivity index (χ0) is 34.8. The first kappa shape index (κ1) is 38.1. The van der Waals surface area contributed by atoms with Crippen molar-refractivity contribution in [1.29, 1.82) is 0 Å². The van der Waals surface area contributed by atoms with Crippen LogP contribution in [0.15, 0.2) is 87.5 Å². The Bertz CT molecular complexity index is 1550. The van der Waals surface area contributed by atoms with Crippen LogP contribution >= 0.6 is 0 Å². The van der Waals surface area contributed by atoms with Gasteiger partial charge in [0, 0.05) is 39.3 Å². The van der Waals surface area contributed by atoms with Crippen LogP contribution in [-0.4, -0.2) is 117 Å². The fraction of sp³-hybridized carbons (Fsp3) is 0.455. The highest BCUT2D eigenvalue weighted by Gasteiger charge is 2.28. The van der Waals surface area contributed by atoms with Gasteiger partial charge in [-0.3, -0.25) is 0 Å². The van der Waals surface area contributed by atoms with Gasteiger partial charge in [-0.05, 0) is 57.2 Å². The van der Waals surface area contributed by atoms with Crippen molar-refractivity contribution in [2.45, 2.75) is 35.5 Å². The van der Waals surface area contributed by atoms with Gasteiger partial charge in [-0.15, -0.1) is 0 Å². The molecule has 1 heterocycles. The first-order chi connectivity index (χ1) is 22.8. The first-order valence-electron chi connectivity index (χ1n) is 15.8. The average molecular weight is 724 g/mol. The topological polar surface area (TPSA) is 140 Å². The van der Waals surface area contributed by atoms with Gasteiger partial charge in [0.1, 0.15) is 0 Å². The summed E-state index contributed by atoms with van der Waals surface area (Å²) in [5.41, 5.74) is 2.75. The second kappa shape index (κ2) is 17.3. The van der Waals surface area contributed by atoms with Crippen molar-refractivity contribution in [3.8, 4) is 0 Å². The molecule has 3 aromatic carbocycles. The zero-order valence-electron chi connectivity index (χ0n) is 27.7. The van der Waals surface area contributed by atoms with Gasteiger partial charge in [-0.2, -0.15) is 12.9 Å². The quantitative estimate of drug-likeness (QED) is 0.376. The Labute approximate surface area is 285 Å². The number of rotatable bonds is 6. The lowest BCUT2D eigenvalue weighted by Gasteiger charge is -2.26. The van der Waals surface area contributed by atoms with Gasteiger partial charge in [0.05, 0.1) is 54.3 Å². The molecule has 1 fully saturated rings. The molecule has 15 heteroatoms. The van der Waals surface area contributed by atoms with E-state index in [0.717, 1.165) is 16.7 Å². The Balaban J connectivity index is 1.55. The molecule has 264 valence electrons. The minimum atomic E-state index is -3.91. The maximum Gasteiger partial charge on any atom is 0.243 e. The second-order valence-electron chi connectivity index (χ2n) is 11.5. The van der Waals surface area contributed by atoms with Gasteiger partial charge < -0.3 is 14.2 Å². The molecule has 0 saturated carbocycles. The summed E-state index contributed by atoms with van der Waals surface area (Å²) in [6.07, 6.45) is 0. The van der Waals surface area contributed by atoms with Gasteiger partial charge >= 0.3 is 0 Å². The maximum atomic E-state index is 13.6. The Hall–Kier alpha value is -2.73. The molecule has 1 aliphatic heterocycles. The Morgan fingerprint density at radius 3 is 0.750 bits per heavy atom. The molecule has 1 aliphatic rings. The lowest BCUT2D eigenvalue weighted by atomic mass is 10.2. The smallest absolute Gasteiger partial charge is 0.243 e. The van der Waals surface area contributed by atoms with E-state index in [1.165, 1.54) is 12.9 Å². The normalized spacial score (nSPS) is 18.6. The number of nitrogens with zero attached hydrogens (tertiary/aromatic N) is 3. The molecular weight excluding hydrogens is 679 g/mol. The van der Waals surface area contributed by atoms with Gasteiger partial charge in [-0.1, -0.05) is 53.1 Å². The molecule has 0 aliphatic carbocycles. The summed E-state index contributed by atoms with van der Waals surface area (Å²) in [4.78, 5) is 0.378. The van der Waals surface area contributed by atoms with Crippen LogP contribution < -0.4 is 0 Å². The van der Waals surface area contributed by atoms with Crippen molar-refractivity contribution >= 4 is 30.1 Å². The Morgan fingerprint density at radius 1 is 0.375 bits per heavy atom. The molecule has 0 amide bonds. The second-order valence-corrected chi connectivity index (χ2v) is 17.3. The number of hydrogen-bond acceptors (Lipinski definition) is 9. The standard InChI is InChI=1S/C33H45N3O9S3/c1-28-4-10-31(11-5-28)46(37,38)34-16-22-43-24-18-35(47(39,40)32-12-6-29(2)7-13-32)20-26-45-27-21-36(19-25-44-23-17-34)48(41,42)33-14-8-30(3)9-15-33/h4-15H,16-27H2,1-3H3. The Kier molecular flexibility index (Phi) is 13.7. The maximum absolute atomic E-state index is 13.6. The fourth-order valence-electron chi connectivity index (χ4n) is 4.94. The number of benzene rings is 3. The van der Waals surface area contributed by atoms with Crippen molar-refractivity contribution in [3.05, 3.63) is 89.5 Å². The molecule has 4 rings (SSSR count). The van der Waals surface area contributed by atoms with Crippen LogP contribution in [-0.2, 0) is 44.3 Å². The molecule has 0 N–H and O–H groups in total. The average Bonchev–Trinajstić information content (AvgIpc) is 3.05. The van der Waals surface area contributed by atoms with Crippen LogP contribution in [0.3, 0.4) is 0 Å². The van der Waals surface area contributed by atoms with Gasteiger partial charge in [0.15, 0.2) is 0 Å². The first-order valence-corrected chi connectivity index (χ1v) is 20.1. The zero-order valence-corrected chi connectivity index (χ0v) is 30.1. The van der Waals surface area contributed by atoms with Gasteiger partial charge in [0.25, 0.3) is 0 Å². The summed E-state index contributed by atoms with van der Waals surface area (Å²) < 4.78 is 103. The van der Waals surface area contributed by atoms with Crippen molar-refractivity contribution in [2.24, 2.45) is 0 Å². The number of aryl methyl sites for hydroxylation is 3. The lowest BCUT2D eigenvalue weighted by Crippen LogP contribution is -2.40. The monoisotopic (exact) mass is 723 g/mol. The highest BCUT2D eigenvalue weighted by Crippen LogP contribution is 2.19. The third kappa shape index (κ3) is 10.2. The van der Waals surface area contributed by atoms with E-state index in [1.807, 2.05) is 20.8 Å². The highest BCUT2D eigenvalue weighted by atomic mass is 32.2. The summed E-state index contributed by atoms with van der Waals surface area (Å²) in [6, 6.07) is 19.6. The number of hydrogen-bond donors (Lipinski definition) is 0.